The van der Waals surface area contributed by atoms with Gasteiger partial charge in [-0.15, -0.1) is 17.9 Å². The molecule has 1 atom stereocenters. The molecule has 0 bridgehead atoms. The minimum absolute atomic E-state index is 0.248. The molecule has 27 heavy (non-hydrogen) atoms. The third-order valence-electron chi connectivity index (χ3n) is 4.79. The molecule has 1 aliphatic rings. The number of rotatable bonds is 9. The van der Waals surface area contributed by atoms with Crippen molar-refractivity contribution in [3.63, 3.8) is 0 Å². The number of fused-ring (bicyclic) bond motifs is 1. The fraction of sp³-hybridized carbons (Fsp3) is 0.526. The van der Waals surface area contributed by atoms with Crippen LogP contribution in [-0.4, -0.2) is 51.7 Å². The summed E-state index contributed by atoms with van der Waals surface area (Å²) in [7, 11) is 1.32. The van der Waals surface area contributed by atoms with Crippen molar-refractivity contribution < 1.29 is 14.6 Å². The highest BCUT2D eigenvalue weighted by Crippen LogP contribution is 2.30. The zero-order valence-electron chi connectivity index (χ0n) is 15.7. The van der Waals surface area contributed by atoms with Crippen LogP contribution in [0.5, 0.6) is 0 Å². The van der Waals surface area contributed by atoms with Gasteiger partial charge in [0.25, 0.3) is 5.56 Å². The summed E-state index contributed by atoms with van der Waals surface area (Å²) >= 11 is 1.18. The maximum atomic E-state index is 12.6. The van der Waals surface area contributed by atoms with E-state index in [0.717, 1.165) is 19.3 Å². The fourth-order valence-electron chi connectivity index (χ4n) is 3.20. The minimum atomic E-state index is -0.457. The van der Waals surface area contributed by atoms with Crippen LogP contribution in [0, 0.1) is 6.92 Å². The lowest BCUT2D eigenvalue weighted by Crippen LogP contribution is -2.35. The minimum Gasteiger partial charge on any atom is -0.465 e. The van der Waals surface area contributed by atoms with Crippen LogP contribution in [0.1, 0.15) is 46.7 Å². The highest BCUT2D eigenvalue weighted by atomic mass is 32.1. The second-order valence-electron chi connectivity index (χ2n) is 6.92. The van der Waals surface area contributed by atoms with E-state index in [4.69, 9.17) is 4.74 Å². The molecule has 1 unspecified atom stereocenters. The number of aliphatic hydroxyl groups is 1. The van der Waals surface area contributed by atoms with E-state index in [1.807, 2.05) is 0 Å². The first-order valence-electron chi connectivity index (χ1n) is 9.08. The average molecular weight is 391 g/mol. The van der Waals surface area contributed by atoms with Crippen molar-refractivity contribution in [3.8, 4) is 0 Å². The van der Waals surface area contributed by atoms with Crippen molar-refractivity contribution in [2.24, 2.45) is 0 Å². The first-order chi connectivity index (χ1) is 12.9. The van der Waals surface area contributed by atoms with Crippen LogP contribution in [0.4, 0.5) is 0 Å². The smallest absolute Gasteiger partial charge is 0.348 e. The monoisotopic (exact) mass is 391 g/mol. The molecule has 1 saturated carbocycles. The standard InChI is InChI=1S/C19H25N3O4S/c1-4-5-6-13(23)9-22(12-7-8-12)10-14-20-17(24)15-11(2)16(19(25)26-3)27-18(15)21-14/h4,12-13,23H,1,5-10H2,2-3H3,(H,20,21,24). The molecule has 2 N–H and O–H groups in total. The van der Waals surface area contributed by atoms with Gasteiger partial charge in [-0.1, -0.05) is 6.08 Å². The van der Waals surface area contributed by atoms with E-state index in [1.54, 1.807) is 13.0 Å². The number of nitrogens with zero attached hydrogens (tertiary/aromatic N) is 2. The number of thiophene rings is 1. The van der Waals surface area contributed by atoms with Gasteiger partial charge in [0.1, 0.15) is 15.5 Å². The number of allylic oxidation sites excluding steroid dienone is 1. The molecule has 3 rings (SSSR count). The van der Waals surface area contributed by atoms with E-state index in [1.165, 1.54) is 18.4 Å². The number of aliphatic hydroxyl groups excluding tert-OH is 1. The number of methoxy groups -OCH3 is 1. The first-order valence-corrected chi connectivity index (χ1v) is 9.89. The summed E-state index contributed by atoms with van der Waals surface area (Å²) in [6.45, 7) is 6.42. The lowest BCUT2D eigenvalue weighted by atomic mass is 10.2. The van der Waals surface area contributed by atoms with Crippen molar-refractivity contribution in [3.05, 3.63) is 39.3 Å². The summed E-state index contributed by atoms with van der Waals surface area (Å²) in [5, 5.41) is 10.7. The molecule has 0 saturated heterocycles. The van der Waals surface area contributed by atoms with E-state index >= 15 is 0 Å². The van der Waals surface area contributed by atoms with Crippen LogP contribution in [-0.2, 0) is 11.3 Å². The predicted molar refractivity (Wildman–Crippen MR) is 105 cm³/mol. The van der Waals surface area contributed by atoms with Crippen LogP contribution in [0.2, 0.25) is 0 Å². The maximum Gasteiger partial charge on any atom is 0.348 e. The highest BCUT2D eigenvalue weighted by Gasteiger charge is 2.31. The van der Waals surface area contributed by atoms with Gasteiger partial charge in [0.2, 0.25) is 0 Å². The Labute approximate surface area is 161 Å². The Kier molecular flexibility index (Phi) is 6.08. The zero-order valence-corrected chi connectivity index (χ0v) is 16.5. The Balaban J connectivity index is 1.84. The maximum absolute atomic E-state index is 12.6. The van der Waals surface area contributed by atoms with Crippen LogP contribution in [0.3, 0.4) is 0 Å². The summed E-state index contributed by atoms with van der Waals surface area (Å²) < 4.78 is 4.79. The zero-order chi connectivity index (χ0) is 19.6. The van der Waals surface area contributed by atoms with Gasteiger partial charge in [0, 0.05) is 12.6 Å². The van der Waals surface area contributed by atoms with Gasteiger partial charge in [-0.2, -0.15) is 0 Å². The van der Waals surface area contributed by atoms with E-state index < -0.39 is 12.1 Å². The summed E-state index contributed by atoms with van der Waals surface area (Å²) in [6, 6.07) is 0.417. The number of carbonyl (C=O) groups excluding carboxylic acids is 1. The number of esters is 1. The first kappa shape index (κ1) is 19.7. The van der Waals surface area contributed by atoms with Gasteiger partial charge in [-0.05, 0) is 38.2 Å². The molecule has 8 heteroatoms. The quantitative estimate of drug-likeness (QED) is 0.503. The second kappa shape index (κ2) is 8.33. The van der Waals surface area contributed by atoms with E-state index in [2.05, 4.69) is 21.4 Å². The number of carbonyl (C=O) groups is 1. The van der Waals surface area contributed by atoms with Crippen molar-refractivity contribution in [2.75, 3.05) is 13.7 Å². The largest absolute Gasteiger partial charge is 0.465 e. The number of hydrogen-bond acceptors (Lipinski definition) is 7. The Hall–Kier alpha value is -2.03. The van der Waals surface area contributed by atoms with Crippen LogP contribution < -0.4 is 5.56 Å². The van der Waals surface area contributed by atoms with Crippen LogP contribution in [0.25, 0.3) is 10.2 Å². The van der Waals surface area contributed by atoms with Gasteiger partial charge >= 0.3 is 5.97 Å². The predicted octanol–water partition coefficient (Wildman–Crippen LogP) is 2.37. The third kappa shape index (κ3) is 4.45. The number of nitrogens with one attached hydrogen (secondary N) is 1. The molecular formula is C19H25N3O4S. The van der Waals surface area contributed by atoms with Crippen molar-refractivity contribution in [1.29, 1.82) is 0 Å². The lowest BCUT2D eigenvalue weighted by molar-refractivity contribution is 0.0605. The number of aromatic amines is 1. The van der Waals surface area contributed by atoms with Gasteiger partial charge in [0.05, 0.1) is 25.1 Å². The van der Waals surface area contributed by atoms with E-state index in [9.17, 15) is 14.7 Å². The molecule has 0 radical (unpaired) electrons. The normalized spacial score (nSPS) is 15.3. The number of aryl methyl sites for hydroxylation is 1. The summed E-state index contributed by atoms with van der Waals surface area (Å²) in [5.74, 6) is 0.0920. The van der Waals surface area contributed by atoms with Gasteiger partial charge in [-0.25, -0.2) is 9.78 Å². The SMILES string of the molecule is C=CCCC(O)CN(Cc1nc2sc(C(=O)OC)c(C)c2c(=O)[nH]1)C1CC1. The molecule has 2 aromatic heterocycles. The number of aromatic nitrogens is 2. The molecule has 146 valence electrons. The molecular weight excluding hydrogens is 366 g/mol. The number of ether oxygens (including phenoxy) is 1. The topological polar surface area (TPSA) is 95.5 Å². The summed E-state index contributed by atoms with van der Waals surface area (Å²) in [6.07, 6.45) is 4.98. The molecule has 2 heterocycles. The van der Waals surface area contributed by atoms with Crippen molar-refractivity contribution in [1.82, 2.24) is 14.9 Å². The van der Waals surface area contributed by atoms with Gasteiger partial charge < -0.3 is 14.8 Å². The molecule has 1 fully saturated rings. The molecule has 0 spiro atoms. The van der Waals surface area contributed by atoms with E-state index in [0.29, 0.717) is 52.0 Å². The van der Waals surface area contributed by atoms with Crippen LogP contribution >= 0.6 is 11.3 Å². The van der Waals surface area contributed by atoms with E-state index in [-0.39, 0.29) is 5.56 Å². The molecule has 2 aromatic rings. The fourth-order valence-corrected chi connectivity index (χ4v) is 4.32. The van der Waals surface area contributed by atoms with Gasteiger partial charge in [-0.3, -0.25) is 9.69 Å². The van der Waals surface area contributed by atoms with Crippen molar-refractivity contribution in [2.45, 2.75) is 51.3 Å². The molecule has 7 nitrogen and oxygen atoms in total. The number of H-pyrrole nitrogens is 1. The van der Waals surface area contributed by atoms with Gasteiger partial charge in [0.15, 0.2) is 0 Å². The molecule has 0 amide bonds. The second-order valence-corrected chi connectivity index (χ2v) is 7.92. The highest BCUT2D eigenvalue weighted by molar-refractivity contribution is 7.20. The Morgan fingerprint density at radius 2 is 2.30 bits per heavy atom. The average Bonchev–Trinajstić information content (AvgIpc) is 3.42. The van der Waals surface area contributed by atoms with Crippen molar-refractivity contribution >= 4 is 27.5 Å². The Morgan fingerprint density at radius 1 is 1.56 bits per heavy atom. The number of hydrogen-bond donors (Lipinski definition) is 2. The summed E-state index contributed by atoms with van der Waals surface area (Å²) in [4.78, 5) is 35.0. The Morgan fingerprint density at radius 3 is 2.93 bits per heavy atom. The lowest BCUT2D eigenvalue weighted by Gasteiger charge is -2.24. The molecule has 0 aliphatic heterocycles. The molecule has 0 aromatic carbocycles. The van der Waals surface area contributed by atoms with Crippen LogP contribution in [0.15, 0.2) is 17.4 Å². The summed E-state index contributed by atoms with van der Waals surface area (Å²) in [5.41, 5.74) is 0.350. The molecule has 1 aliphatic carbocycles. The Bertz CT molecular complexity index is 900. The third-order valence-corrected chi connectivity index (χ3v) is 5.95.